The van der Waals surface area contributed by atoms with E-state index in [1.165, 1.54) is 19.3 Å². The van der Waals surface area contributed by atoms with Crippen molar-refractivity contribution in [1.82, 2.24) is 10.6 Å². The molecule has 53 heavy (non-hydrogen) atoms. The Morgan fingerprint density at radius 2 is 1.81 bits per heavy atom. The Labute approximate surface area is 318 Å². The van der Waals surface area contributed by atoms with Gasteiger partial charge in [0.2, 0.25) is 0 Å². The van der Waals surface area contributed by atoms with Gasteiger partial charge < -0.3 is 46.6 Å². The predicted octanol–water partition coefficient (Wildman–Crippen LogP) is 3.80. The first-order chi connectivity index (χ1) is 25.1. The number of ether oxygens (including phenoxy) is 1. The van der Waals surface area contributed by atoms with Crippen LogP contribution in [-0.2, 0) is 9.53 Å². The van der Waals surface area contributed by atoms with Crippen LogP contribution < -0.4 is 16.4 Å². The zero-order valence-electron chi connectivity index (χ0n) is 33.3. The molecule has 0 bridgehead atoms. The lowest BCUT2D eigenvalue weighted by atomic mass is 9.41. The molecule has 18 atom stereocenters. The summed E-state index contributed by atoms with van der Waals surface area (Å²) in [5.74, 6) is 0.516. The molecule has 7 aliphatic rings. The average molecular weight is 744 g/mol. The molecule has 18 unspecified atom stereocenters. The second-order valence-electron chi connectivity index (χ2n) is 19.9. The lowest BCUT2D eigenvalue weighted by Gasteiger charge is -2.64. The van der Waals surface area contributed by atoms with Crippen molar-refractivity contribution in [2.24, 2.45) is 63.9 Å². The largest absolute Gasteiger partial charge is 0.390 e. The third-order valence-corrected chi connectivity index (χ3v) is 17.1. The molecule has 10 nitrogen and oxygen atoms in total. The highest BCUT2D eigenvalue weighted by Gasteiger charge is 2.72. The van der Waals surface area contributed by atoms with E-state index in [0.29, 0.717) is 44.1 Å². The lowest BCUT2D eigenvalue weighted by molar-refractivity contribution is -0.206. The van der Waals surface area contributed by atoms with E-state index in [9.17, 15) is 30.3 Å². The zero-order chi connectivity index (χ0) is 38.1. The molecule has 10 heteroatoms. The van der Waals surface area contributed by atoms with Crippen LogP contribution >= 0.6 is 0 Å². The van der Waals surface area contributed by atoms with Crippen molar-refractivity contribution < 1.29 is 35.1 Å². The minimum Gasteiger partial charge on any atom is -0.390 e. The highest BCUT2D eigenvalue weighted by Crippen LogP contribution is 2.71. The number of hydrogen-bond donors (Lipinski definition) is 8. The van der Waals surface area contributed by atoms with Crippen molar-refractivity contribution in [3.63, 3.8) is 0 Å². The third-order valence-electron chi connectivity index (χ3n) is 17.1. The number of ketones is 1. The number of nitrogens with two attached hydrogens (primary N) is 1. The molecule has 2 heterocycles. The zero-order valence-corrected chi connectivity index (χ0v) is 33.3. The number of nitrogens with one attached hydrogen (secondary N) is 2. The van der Waals surface area contributed by atoms with Crippen LogP contribution in [0.3, 0.4) is 0 Å². The first-order valence-electron chi connectivity index (χ1n) is 21.6. The summed E-state index contributed by atoms with van der Waals surface area (Å²) in [6, 6.07) is 0. The van der Waals surface area contributed by atoms with E-state index in [2.05, 4.69) is 31.4 Å². The molecule has 0 aromatic rings. The highest BCUT2D eigenvalue weighted by atomic mass is 16.5. The van der Waals surface area contributed by atoms with E-state index in [1.54, 1.807) is 13.0 Å². The highest BCUT2D eigenvalue weighted by molar-refractivity contribution is 5.95. The van der Waals surface area contributed by atoms with Crippen molar-refractivity contribution in [2.45, 2.75) is 172 Å². The molecule has 0 amide bonds. The molecule has 2 aliphatic heterocycles. The maximum absolute atomic E-state index is 14.4. The molecular formula is C43H73N3O7. The van der Waals surface area contributed by atoms with E-state index in [-0.39, 0.29) is 42.2 Å². The van der Waals surface area contributed by atoms with Gasteiger partial charge in [0.25, 0.3) is 0 Å². The van der Waals surface area contributed by atoms with Gasteiger partial charge in [-0.25, -0.2) is 0 Å². The number of aliphatic hydroxyl groups is 5. The number of carbonyl (C=O) groups excluding carboxylic acids is 1. The van der Waals surface area contributed by atoms with Crippen LogP contribution in [-0.4, -0.2) is 99.3 Å². The van der Waals surface area contributed by atoms with Crippen molar-refractivity contribution in [1.29, 1.82) is 0 Å². The van der Waals surface area contributed by atoms with Crippen LogP contribution in [0.2, 0.25) is 0 Å². The predicted molar refractivity (Wildman–Crippen MR) is 204 cm³/mol. The van der Waals surface area contributed by atoms with Gasteiger partial charge in [0, 0.05) is 11.3 Å². The molecular weight excluding hydrogens is 670 g/mol. The molecule has 6 fully saturated rings. The van der Waals surface area contributed by atoms with Crippen molar-refractivity contribution in [2.75, 3.05) is 20.1 Å². The Morgan fingerprint density at radius 3 is 2.51 bits per heavy atom. The summed E-state index contributed by atoms with van der Waals surface area (Å²) in [4.78, 5) is 14.4. The Morgan fingerprint density at radius 1 is 1.08 bits per heavy atom. The van der Waals surface area contributed by atoms with Crippen molar-refractivity contribution >= 4 is 5.78 Å². The molecule has 0 aromatic heterocycles. The van der Waals surface area contributed by atoms with Gasteiger partial charge in [-0.05, 0) is 163 Å². The van der Waals surface area contributed by atoms with Crippen LogP contribution in [0.5, 0.6) is 0 Å². The quantitative estimate of drug-likeness (QED) is 0.164. The van der Waals surface area contributed by atoms with E-state index in [0.717, 1.165) is 63.0 Å². The maximum atomic E-state index is 14.4. The Hall–Kier alpha value is -0.950. The Balaban J connectivity index is 1.19. The maximum Gasteiger partial charge on any atom is 0.159 e. The fourth-order valence-electron chi connectivity index (χ4n) is 14.3. The lowest BCUT2D eigenvalue weighted by Crippen LogP contribution is -2.67. The summed E-state index contributed by atoms with van der Waals surface area (Å²) >= 11 is 0. The van der Waals surface area contributed by atoms with Crippen LogP contribution in [0.4, 0.5) is 0 Å². The van der Waals surface area contributed by atoms with Crippen LogP contribution in [0.1, 0.15) is 124 Å². The fourth-order valence-corrected chi connectivity index (χ4v) is 14.3. The summed E-state index contributed by atoms with van der Waals surface area (Å²) in [7, 11) is 1.94. The van der Waals surface area contributed by atoms with Gasteiger partial charge >= 0.3 is 0 Å². The first kappa shape index (κ1) is 40.3. The van der Waals surface area contributed by atoms with E-state index >= 15 is 0 Å². The first-order valence-corrected chi connectivity index (χ1v) is 21.6. The number of allylic oxidation sites excluding steroid dienone is 1. The topological polar surface area (TPSA) is 178 Å². The minimum atomic E-state index is -1.54. The van der Waals surface area contributed by atoms with E-state index in [1.807, 2.05) is 7.05 Å². The SMILES string of the molecule is CCCC1CCC2OC(C(O)C(C)(O)C3CCC4(O)C5=CC(=O)C6CC(O)C(O)CC6(CCC6CCC(N)NC6)C5C(CNC)CC34C)C(C)C2CC1. The second kappa shape index (κ2) is 15.1. The van der Waals surface area contributed by atoms with Crippen LogP contribution in [0.15, 0.2) is 11.6 Å². The number of rotatable bonds is 10. The van der Waals surface area contributed by atoms with Crippen LogP contribution in [0.25, 0.3) is 0 Å². The molecule has 302 valence electrons. The molecule has 4 saturated carbocycles. The average Bonchev–Trinajstić information content (AvgIpc) is 3.49. The van der Waals surface area contributed by atoms with Gasteiger partial charge in [-0.3, -0.25) is 4.79 Å². The van der Waals surface area contributed by atoms with Gasteiger partial charge in [-0.1, -0.05) is 40.0 Å². The van der Waals surface area contributed by atoms with E-state index < -0.39 is 58.3 Å². The summed E-state index contributed by atoms with van der Waals surface area (Å²) in [5, 5.41) is 67.3. The van der Waals surface area contributed by atoms with Gasteiger partial charge in [0.15, 0.2) is 5.78 Å². The molecule has 5 aliphatic carbocycles. The Kier molecular flexibility index (Phi) is 11.5. The number of fused-ring (bicyclic) bond motifs is 6. The van der Waals surface area contributed by atoms with Crippen molar-refractivity contribution in [3.8, 4) is 0 Å². The smallest absolute Gasteiger partial charge is 0.159 e. The summed E-state index contributed by atoms with van der Waals surface area (Å²) in [6.07, 6.45) is 10.8. The minimum absolute atomic E-state index is 0.00126. The fraction of sp³-hybridized carbons (Fsp3) is 0.930. The number of piperidine rings is 1. The molecule has 2 saturated heterocycles. The standard InChI is InChI=1S/C43H73N3O7/c1-6-7-25-8-11-28-24(2)38(53-34(28)12-9-25)39(50)41(4,51)35-15-17-43(52)30-19-31(47)29-18-32(48)33(49)21-42(29,16-14-26-10-13-36(44)46-22-26)37(30)27(23-45-5)20-40(35,43)3/h19,24-29,32-39,45-46,48-52H,6-18,20-23,44H2,1-5H3. The second-order valence-corrected chi connectivity index (χ2v) is 19.9. The monoisotopic (exact) mass is 744 g/mol. The molecule has 9 N–H and O–H groups in total. The number of carbonyl (C=O) groups is 1. The van der Waals surface area contributed by atoms with Gasteiger partial charge in [-0.2, -0.15) is 0 Å². The summed E-state index contributed by atoms with van der Waals surface area (Å²) in [6.45, 7) is 9.77. The molecule has 0 aromatic carbocycles. The normalized spacial score (nSPS) is 50.2. The molecule has 0 radical (unpaired) electrons. The van der Waals surface area contributed by atoms with E-state index in [4.69, 9.17) is 10.5 Å². The van der Waals surface area contributed by atoms with Gasteiger partial charge in [0.05, 0.1) is 41.8 Å². The molecule has 7 rings (SSSR count). The molecule has 0 spiro atoms. The van der Waals surface area contributed by atoms with Crippen molar-refractivity contribution in [3.05, 3.63) is 11.6 Å². The summed E-state index contributed by atoms with van der Waals surface area (Å²) in [5.41, 5.74) is 2.56. The third kappa shape index (κ3) is 6.64. The van der Waals surface area contributed by atoms with Gasteiger partial charge in [-0.15, -0.1) is 0 Å². The number of aliphatic hydroxyl groups excluding tert-OH is 3. The summed E-state index contributed by atoms with van der Waals surface area (Å²) < 4.78 is 6.73. The van der Waals surface area contributed by atoms with Crippen LogP contribution in [0, 0.1) is 58.2 Å². The Bertz CT molecular complexity index is 1350. The number of hydrogen-bond acceptors (Lipinski definition) is 10. The van der Waals surface area contributed by atoms with Gasteiger partial charge in [0.1, 0.15) is 6.10 Å².